The molecule has 0 radical (unpaired) electrons. The molecule has 1 aromatic rings. The number of hydrogen-bond donors (Lipinski definition) is 1. The summed E-state index contributed by atoms with van der Waals surface area (Å²) in [4.78, 5) is 20.1. The number of likely N-dealkylation sites (tertiary alicyclic amines) is 1. The monoisotopic (exact) mass is 302 g/mol. The molecule has 2 rings (SSSR count). The van der Waals surface area contributed by atoms with Crippen molar-refractivity contribution in [1.82, 2.24) is 15.1 Å². The highest BCUT2D eigenvalue weighted by atomic mass is 16.2. The maximum absolute atomic E-state index is 11.8. The van der Waals surface area contributed by atoms with Crippen LogP contribution in [0.4, 0.5) is 0 Å². The average Bonchev–Trinajstić information content (AvgIpc) is 3.05. The molecule has 1 heterocycles. The summed E-state index contributed by atoms with van der Waals surface area (Å²) in [6.07, 6.45) is 2.37. The third-order valence-corrected chi connectivity index (χ3v) is 3.91. The average molecular weight is 302 g/mol. The van der Waals surface area contributed by atoms with Crippen LogP contribution in [0.1, 0.15) is 31.4 Å². The second kappa shape index (κ2) is 7.82. The fraction of sp³-hybridized carbons (Fsp3) is 0.529. The van der Waals surface area contributed by atoms with E-state index < -0.39 is 0 Å². The minimum atomic E-state index is 0.0193. The Kier molecular flexibility index (Phi) is 5.81. The number of carbonyl (C=O) groups is 1. The van der Waals surface area contributed by atoms with Crippen LogP contribution in [0.15, 0.2) is 35.3 Å². The maximum atomic E-state index is 11.8. The lowest BCUT2D eigenvalue weighted by Gasteiger charge is -2.25. The first-order chi connectivity index (χ1) is 10.6. The van der Waals surface area contributed by atoms with Gasteiger partial charge in [-0.2, -0.15) is 0 Å². The van der Waals surface area contributed by atoms with Crippen molar-refractivity contribution in [2.24, 2.45) is 4.99 Å². The van der Waals surface area contributed by atoms with Crippen molar-refractivity contribution in [3.05, 3.63) is 35.9 Å². The number of carbonyl (C=O) groups excluding carboxylic acids is 1. The molecular formula is C17H26N4O. The molecule has 1 aliphatic heterocycles. The topological polar surface area (TPSA) is 47.9 Å². The summed E-state index contributed by atoms with van der Waals surface area (Å²) < 4.78 is 0. The second-order valence-electron chi connectivity index (χ2n) is 5.90. The highest BCUT2D eigenvalue weighted by Gasteiger charge is 2.19. The first-order valence-electron chi connectivity index (χ1n) is 7.89. The van der Waals surface area contributed by atoms with Crippen LogP contribution in [0.25, 0.3) is 0 Å². The van der Waals surface area contributed by atoms with Gasteiger partial charge in [0.05, 0.1) is 6.04 Å². The zero-order chi connectivity index (χ0) is 15.9. The third kappa shape index (κ3) is 4.48. The van der Waals surface area contributed by atoms with Gasteiger partial charge in [-0.1, -0.05) is 30.3 Å². The molecule has 0 bridgehead atoms. The van der Waals surface area contributed by atoms with Crippen LogP contribution < -0.4 is 5.32 Å². The summed E-state index contributed by atoms with van der Waals surface area (Å²) in [5.74, 6) is 0.856. The Morgan fingerprint density at radius 3 is 2.50 bits per heavy atom. The molecule has 1 aliphatic rings. The molecule has 5 heteroatoms. The first-order valence-corrected chi connectivity index (χ1v) is 7.89. The predicted octanol–water partition coefficient (Wildman–Crippen LogP) is 1.88. The van der Waals surface area contributed by atoms with Crippen molar-refractivity contribution in [3.63, 3.8) is 0 Å². The molecule has 0 saturated carbocycles. The molecule has 1 aromatic carbocycles. The summed E-state index contributed by atoms with van der Waals surface area (Å²) >= 11 is 0. The number of aliphatic imine (C=N–C) groups is 1. The summed E-state index contributed by atoms with van der Waals surface area (Å²) in [6.45, 7) is 4.31. The molecule has 1 saturated heterocycles. The molecular weight excluding hydrogens is 276 g/mol. The minimum absolute atomic E-state index is 0.0193. The lowest BCUT2D eigenvalue weighted by molar-refractivity contribution is -0.127. The number of guanidine groups is 1. The standard InChI is InChI=1S/C17H26N4O/c1-14(15-9-5-4-6-10-15)19-17(21-11-7-8-12-21)18-13-16(22)20(2)3/h4-6,9-10,14H,7-8,11-13H2,1-3H3,(H,18,19). The molecule has 1 fully saturated rings. The molecule has 1 atom stereocenters. The minimum Gasteiger partial charge on any atom is -0.350 e. The zero-order valence-electron chi connectivity index (χ0n) is 13.7. The molecule has 0 spiro atoms. The van der Waals surface area contributed by atoms with Crippen LogP contribution >= 0.6 is 0 Å². The Balaban J connectivity index is 2.07. The molecule has 1 amide bonds. The number of nitrogens with one attached hydrogen (secondary N) is 1. The Morgan fingerprint density at radius 2 is 1.91 bits per heavy atom. The molecule has 5 nitrogen and oxygen atoms in total. The van der Waals surface area contributed by atoms with Gasteiger partial charge in [0.25, 0.3) is 0 Å². The van der Waals surface area contributed by atoms with E-state index in [1.165, 1.54) is 18.4 Å². The van der Waals surface area contributed by atoms with Gasteiger partial charge in [0.15, 0.2) is 5.96 Å². The quantitative estimate of drug-likeness (QED) is 0.682. The highest BCUT2D eigenvalue weighted by molar-refractivity contribution is 5.85. The SMILES string of the molecule is CC(NC(=NCC(=O)N(C)C)N1CCCC1)c1ccccc1. The van der Waals surface area contributed by atoms with Gasteiger partial charge in [0, 0.05) is 27.2 Å². The summed E-state index contributed by atoms with van der Waals surface area (Å²) in [5, 5.41) is 3.47. The van der Waals surface area contributed by atoms with E-state index in [9.17, 15) is 4.79 Å². The fourth-order valence-electron chi connectivity index (χ4n) is 2.47. The Hall–Kier alpha value is -2.04. The number of hydrogen-bond acceptors (Lipinski definition) is 2. The van der Waals surface area contributed by atoms with Crippen LogP contribution in [0, 0.1) is 0 Å². The highest BCUT2D eigenvalue weighted by Crippen LogP contribution is 2.14. The Bertz CT molecular complexity index is 507. The predicted molar refractivity (Wildman–Crippen MR) is 89.8 cm³/mol. The van der Waals surface area contributed by atoms with Gasteiger partial charge < -0.3 is 15.1 Å². The van der Waals surface area contributed by atoms with Crippen molar-refractivity contribution >= 4 is 11.9 Å². The van der Waals surface area contributed by atoms with E-state index in [4.69, 9.17) is 0 Å². The van der Waals surface area contributed by atoms with E-state index in [1.807, 2.05) is 18.2 Å². The van der Waals surface area contributed by atoms with E-state index in [0.29, 0.717) is 0 Å². The number of likely N-dealkylation sites (N-methyl/N-ethyl adjacent to an activating group) is 1. The lowest BCUT2D eigenvalue weighted by atomic mass is 10.1. The number of amides is 1. The lowest BCUT2D eigenvalue weighted by Crippen LogP contribution is -2.41. The first kappa shape index (κ1) is 16.3. The molecule has 0 aromatic heterocycles. The number of nitrogens with zero attached hydrogens (tertiary/aromatic N) is 3. The van der Waals surface area contributed by atoms with Gasteiger partial charge in [-0.25, -0.2) is 4.99 Å². The van der Waals surface area contributed by atoms with Gasteiger partial charge >= 0.3 is 0 Å². The van der Waals surface area contributed by atoms with Gasteiger partial charge in [0.1, 0.15) is 6.54 Å². The summed E-state index contributed by atoms with van der Waals surface area (Å²) in [5.41, 5.74) is 1.22. The van der Waals surface area contributed by atoms with Crippen LogP contribution in [-0.2, 0) is 4.79 Å². The van der Waals surface area contributed by atoms with E-state index in [0.717, 1.165) is 19.0 Å². The van der Waals surface area contributed by atoms with Crippen molar-refractivity contribution in [3.8, 4) is 0 Å². The van der Waals surface area contributed by atoms with Crippen molar-refractivity contribution in [2.45, 2.75) is 25.8 Å². The molecule has 0 aliphatic carbocycles. The zero-order valence-corrected chi connectivity index (χ0v) is 13.7. The smallest absolute Gasteiger partial charge is 0.243 e. The van der Waals surface area contributed by atoms with E-state index in [1.54, 1.807) is 19.0 Å². The molecule has 22 heavy (non-hydrogen) atoms. The van der Waals surface area contributed by atoms with Gasteiger partial charge in [-0.05, 0) is 25.3 Å². The van der Waals surface area contributed by atoms with Crippen LogP contribution in [-0.4, -0.2) is 55.4 Å². The van der Waals surface area contributed by atoms with Gasteiger partial charge in [-0.15, -0.1) is 0 Å². The van der Waals surface area contributed by atoms with Crippen LogP contribution in [0.3, 0.4) is 0 Å². The van der Waals surface area contributed by atoms with Gasteiger partial charge in [-0.3, -0.25) is 4.79 Å². The summed E-state index contributed by atoms with van der Waals surface area (Å²) in [6, 6.07) is 10.5. The van der Waals surface area contributed by atoms with Crippen LogP contribution in [0.5, 0.6) is 0 Å². The fourth-order valence-corrected chi connectivity index (χ4v) is 2.47. The summed E-state index contributed by atoms with van der Waals surface area (Å²) in [7, 11) is 3.51. The maximum Gasteiger partial charge on any atom is 0.243 e. The largest absolute Gasteiger partial charge is 0.350 e. The van der Waals surface area contributed by atoms with Crippen LogP contribution in [0.2, 0.25) is 0 Å². The number of benzene rings is 1. The number of rotatable bonds is 4. The van der Waals surface area contributed by atoms with E-state index >= 15 is 0 Å². The van der Waals surface area contributed by atoms with Crippen molar-refractivity contribution < 1.29 is 4.79 Å². The molecule has 1 unspecified atom stereocenters. The Morgan fingerprint density at radius 1 is 1.27 bits per heavy atom. The van der Waals surface area contributed by atoms with E-state index in [2.05, 4.69) is 34.3 Å². The second-order valence-corrected chi connectivity index (χ2v) is 5.90. The third-order valence-electron chi connectivity index (χ3n) is 3.91. The van der Waals surface area contributed by atoms with E-state index in [-0.39, 0.29) is 18.5 Å². The van der Waals surface area contributed by atoms with Crippen molar-refractivity contribution in [1.29, 1.82) is 0 Å². The van der Waals surface area contributed by atoms with Gasteiger partial charge in [0.2, 0.25) is 5.91 Å². The van der Waals surface area contributed by atoms with Crippen molar-refractivity contribution in [2.75, 3.05) is 33.7 Å². The molecule has 120 valence electrons. The molecule has 1 N–H and O–H groups in total. The Labute approximate surface area is 133 Å². The normalized spacial score (nSPS) is 16.5.